The van der Waals surface area contributed by atoms with Crippen molar-refractivity contribution in [2.24, 2.45) is 0 Å². The Labute approximate surface area is 238 Å². The SMILES string of the molecule is CCCCCCCC/C=C/CCCCCCC[N+](CCCCC(=O)O)(CCCCC(=O)O)CCCCC(=O)O. The van der Waals surface area contributed by atoms with Crippen molar-refractivity contribution in [3.05, 3.63) is 12.2 Å². The minimum atomic E-state index is -0.770. The smallest absolute Gasteiger partial charge is 0.303 e. The zero-order chi connectivity index (χ0) is 29.0. The average molecular weight is 555 g/mol. The van der Waals surface area contributed by atoms with E-state index < -0.39 is 17.9 Å². The Morgan fingerprint density at radius 3 is 1.13 bits per heavy atom. The Hall–Kier alpha value is -1.89. The number of rotatable bonds is 30. The summed E-state index contributed by atoms with van der Waals surface area (Å²) in [5, 5.41) is 27.1. The molecule has 0 aliphatic heterocycles. The number of carboxylic acids is 3. The third-order valence-corrected chi connectivity index (χ3v) is 7.71. The second-order valence-electron chi connectivity index (χ2n) is 11.4. The zero-order valence-corrected chi connectivity index (χ0v) is 25.1. The lowest BCUT2D eigenvalue weighted by atomic mass is 10.1. The van der Waals surface area contributed by atoms with Crippen LogP contribution in [0.25, 0.3) is 0 Å². The summed E-state index contributed by atoms with van der Waals surface area (Å²) in [6.07, 6.45) is 26.0. The summed E-state index contributed by atoms with van der Waals surface area (Å²) in [5.41, 5.74) is 0. The van der Waals surface area contributed by atoms with Gasteiger partial charge in [-0.15, -0.1) is 0 Å². The van der Waals surface area contributed by atoms with Gasteiger partial charge in [-0.2, -0.15) is 0 Å². The molecule has 0 heterocycles. The van der Waals surface area contributed by atoms with E-state index in [9.17, 15) is 14.4 Å². The fraction of sp³-hybridized carbons (Fsp3) is 0.844. The van der Waals surface area contributed by atoms with E-state index >= 15 is 0 Å². The van der Waals surface area contributed by atoms with Crippen LogP contribution in [0, 0.1) is 0 Å². The van der Waals surface area contributed by atoms with Gasteiger partial charge in [0.1, 0.15) is 0 Å². The maximum absolute atomic E-state index is 11.0. The van der Waals surface area contributed by atoms with Gasteiger partial charge in [0.05, 0.1) is 26.2 Å². The van der Waals surface area contributed by atoms with Gasteiger partial charge in [0, 0.05) is 19.3 Å². The van der Waals surface area contributed by atoms with E-state index in [-0.39, 0.29) is 19.3 Å². The molecular formula is C32H60NO6+. The van der Waals surface area contributed by atoms with Crippen LogP contribution < -0.4 is 0 Å². The normalized spacial score (nSPS) is 11.8. The van der Waals surface area contributed by atoms with Gasteiger partial charge in [0.2, 0.25) is 0 Å². The van der Waals surface area contributed by atoms with Gasteiger partial charge < -0.3 is 19.8 Å². The second kappa shape index (κ2) is 26.3. The Kier molecular flexibility index (Phi) is 25.1. The topological polar surface area (TPSA) is 112 Å². The monoisotopic (exact) mass is 554 g/mol. The first-order valence-corrected chi connectivity index (χ1v) is 16.0. The van der Waals surface area contributed by atoms with Crippen molar-refractivity contribution in [3.63, 3.8) is 0 Å². The molecule has 0 aromatic rings. The lowest BCUT2D eigenvalue weighted by Gasteiger charge is -2.39. The molecule has 7 heteroatoms. The number of carboxylic acid groups (broad SMARTS) is 3. The molecule has 0 radical (unpaired) electrons. The van der Waals surface area contributed by atoms with Crippen molar-refractivity contribution >= 4 is 17.9 Å². The van der Waals surface area contributed by atoms with E-state index in [2.05, 4.69) is 19.1 Å². The third kappa shape index (κ3) is 26.1. The highest BCUT2D eigenvalue weighted by molar-refractivity contribution is 5.67. The molecule has 0 aromatic carbocycles. The minimum Gasteiger partial charge on any atom is -0.481 e. The van der Waals surface area contributed by atoms with Crippen molar-refractivity contribution < 1.29 is 34.2 Å². The summed E-state index contributed by atoms with van der Waals surface area (Å²) in [6.45, 7) is 5.92. The van der Waals surface area contributed by atoms with Crippen LogP contribution in [0.15, 0.2) is 12.2 Å². The van der Waals surface area contributed by atoms with Crippen LogP contribution in [0.5, 0.6) is 0 Å². The number of allylic oxidation sites excluding steroid dienone is 2. The Morgan fingerprint density at radius 2 is 0.769 bits per heavy atom. The van der Waals surface area contributed by atoms with Crippen LogP contribution in [0.1, 0.15) is 148 Å². The predicted octanol–water partition coefficient (Wildman–Crippen LogP) is 8.22. The predicted molar refractivity (Wildman–Crippen MR) is 159 cm³/mol. The average Bonchev–Trinajstić information content (AvgIpc) is 2.89. The fourth-order valence-electron chi connectivity index (χ4n) is 5.36. The van der Waals surface area contributed by atoms with Crippen molar-refractivity contribution in [1.29, 1.82) is 0 Å². The summed E-state index contributed by atoms with van der Waals surface area (Å²) >= 11 is 0. The summed E-state index contributed by atoms with van der Waals surface area (Å²) in [6, 6.07) is 0. The highest BCUT2D eigenvalue weighted by Crippen LogP contribution is 2.19. The first-order valence-electron chi connectivity index (χ1n) is 16.0. The minimum absolute atomic E-state index is 0.172. The lowest BCUT2D eigenvalue weighted by molar-refractivity contribution is -0.929. The molecule has 0 aliphatic carbocycles. The van der Waals surface area contributed by atoms with E-state index in [4.69, 9.17) is 15.3 Å². The fourth-order valence-corrected chi connectivity index (χ4v) is 5.36. The van der Waals surface area contributed by atoms with Crippen molar-refractivity contribution in [3.8, 4) is 0 Å². The van der Waals surface area contributed by atoms with Crippen LogP contribution in [-0.2, 0) is 14.4 Å². The number of hydrogen-bond acceptors (Lipinski definition) is 3. The van der Waals surface area contributed by atoms with Gasteiger partial charge in [0.25, 0.3) is 0 Å². The van der Waals surface area contributed by atoms with E-state index in [0.717, 1.165) is 62.8 Å². The van der Waals surface area contributed by atoms with E-state index in [1.54, 1.807) is 0 Å². The number of aliphatic carboxylic acids is 3. The van der Waals surface area contributed by atoms with E-state index in [1.807, 2.05) is 0 Å². The van der Waals surface area contributed by atoms with Crippen LogP contribution >= 0.6 is 0 Å². The van der Waals surface area contributed by atoms with Crippen LogP contribution in [0.2, 0.25) is 0 Å². The zero-order valence-electron chi connectivity index (χ0n) is 25.1. The van der Waals surface area contributed by atoms with Gasteiger partial charge >= 0.3 is 17.9 Å². The number of quaternary nitrogens is 1. The second-order valence-corrected chi connectivity index (χ2v) is 11.4. The molecule has 0 bridgehead atoms. The molecule has 3 N–H and O–H groups in total. The highest BCUT2D eigenvalue weighted by atomic mass is 16.4. The number of unbranched alkanes of at least 4 members (excludes halogenated alkanes) is 14. The number of carbonyl (C=O) groups is 3. The Morgan fingerprint density at radius 1 is 0.462 bits per heavy atom. The number of hydrogen-bond donors (Lipinski definition) is 3. The molecule has 0 rings (SSSR count). The van der Waals surface area contributed by atoms with Crippen LogP contribution in [-0.4, -0.2) is 63.9 Å². The quantitative estimate of drug-likeness (QED) is 0.0468. The van der Waals surface area contributed by atoms with E-state index in [0.29, 0.717) is 19.3 Å². The molecule has 0 aromatic heterocycles. The standard InChI is InChI=1S/C32H59NO6/c1-2-3-4-5-6-7-8-9-10-11-12-13-14-15-19-26-33(27-20-16-23-30(34)35,28-21-17-24-31(36)37)29-22-18-25-32(38)39/h9-10H,2-8,11-29H2,1H3,(H2-,34,35,36,37,38,39)/p+1/b10-9+. The van der Waals surface area contributed by atoms with Crippen molar-refractivity contribution in [2.75, 3.05) is 26.2 Å². The van der Waals surface area contributed by atoms with Gasteiger partial charge in [-0.1, -0.05) is 64.0 Å². The number of nitrogens with zero attached hydrogens (tertiary/aromatic N) is 1. The first-order chi connectivity index (χ1) is 18.8. The Balaban J connectivity index is 4.53. The van der Waals surface area contributed by atoms with Gasteiger partial charge in [-0.3, -0.25) is 14.4 Å². The van der Waals surface area contributed by atoms with Crippen molar-refractivity contribution in [1.82, 2.24) is 0 Å². The molecule has 0 aliphatic rings. The third-order valence-electron chi connectivity index (χ3n) is 7.71. The maximum atomic E-state index is 11.0. The molecule has 0 atom stereocenters. The van der Waals surface area contributed by atoms with Crippen LogP contribution in [0.4, 0.5) is 0 Å². The largest absolute Gasteiger partial charge is 0.481 e. The van der Waals surface area contributed by atoms with Gasteiger partial charge in [0.15, 0.2) is 0 Å². The molecule has 0 unspecified atom stereocenters. The van der Waals surface area contributed by atoms with Crippen molar-refractivity contribution in [2.45, 2.75) is 148 Å². The Bertz CT molecular complexity index is 594. The summed E-state index contributed by atoms with van der Waals surface area (Å²) in [4.78, 5) is 32.9. The lowest BCUT2D eigenvalue weighted by Crippen LogP contribution is -2.51. The molecule has 7 nitrogen and oxygen atoms in total. The molecule has 0 fully saturated rings. The maximum Gasteiger partial charge on any atom is 0.303 e. The highest BCUT2D eigenvalue weighted by Gasteiger charge is 2.26. The molecule has 0 spiro atoms. The summed E-state index contributed by atoms with van der Waals surface area (Å²) in [5.74, 6) is -2.31. The first kappa shape index (κ1) is 37.1. The molecule has 228 valence electrons. The van der Waals surface area contributed by atoms with Crippen LogP contribution in [0.3, 0.4) is 0 Å². The molecule has 39 heavy (non-hydrogen) atoms. The molecule has 0 saturated carbocycles. The molecular weight excluding hydrogens is 494 g/mol. The van der Waals surface area contributed by atoms with E-state index in [1.165, 1.54) is 70.6 Å². The molecule has 0 amide bonds. The molecule has 0 saturated heterocycles. The van der Waals surface area contributed by atoms with Gasteiger partial charge in [-0.25, -0.2) is 0 Å². The summed E-state index contributed by atoms with van der Waals surface area (Å²) in [7, 11) is 0. The van der Waals surface area contributed by atoms with Gasteiger partial charge in [-0.05, 0) is 77.0 Å². The summed E-state index contributed by atoms with van der Waals surface area (Å²) < 4.78 is 0.861.